The lowest BCUT2D eigenvalue weighted by atomic mass is 10.1. The fourth-order valence-corrected chi connectivity index (χ4v) is 2.31. The van der Waals surface area contributed by atoms with Gasteiger partial charge in [0.05, 0.1) is 23.9 Å². The van der Waals surface area contributed by atoms with Crippen LogP contribution in [0.25, 0.3) is 0 Å². The van der Waals surface area contributed by atoms with Crippen LogP contribution in [-0.2, 0) is 4.79 Å². The van der Waals surface area contributed by atoms with Crippen LogP contribution < -0.4 is 5.32 Å². The molecular weight excluding hydrogens is 264 g/mol. The maximum Gasteiger partial charge on any atom is 0.238 e. The second-order valence-corrected chi connectivity index (χ2v) is 4.99. The first-order valence-corrected chi connectivity index (χ1v) is 6.75. The fourth-order valence-electron chi connectivity index (χ4n) is 1.95. The Kier molecular flexibility index (Phi) is 6.28. The van der Waals surface area contributed by atoms with Gasteiger partial charge in [0.1, 0.15) is 0 Å². The number of benzene rings is 1. The highest BCUT2D eigenvalue weighted by Gasteiger charge is 2.12. The lowest BCUT2D eigenvalue weighted by Crippen LogP contribution is -2.35. The molecule has 0 radical (unpaired) electrons. The van der Waals surface area contributed by atoms with Gasteiger partial charge in [0.15, 0.2) is 0 Å². The van der Waals surface area contributed by atoms with Crippen molar-refractivity contribution < 1.29 is 9.90 Å². The summed E-state index contributed by atoms with van der Waals surface area (Å²) < 4.78 is 0. The van der Waals surface area contributed by atoms with Crippen molar-refractivity contribution in [2.75, 3.05) is 31.6 Å². The molecule has 0 atom stereocenters. The Morgan fingerprint density at radius 2 is 2.11 bits per heavy atom. The van der Waals surface area contributed by atoms with Crippen molar-refractivity contribution in [2.45, 2.75) is 20.8 Å². The Morgan fingerprint density at radius 3 is 2.63 bits per heavy atom. The minimum Gasteiger partial charge on any atom is -0.395 e. The van der Waals surface area contributed by atoms with E-state index in [1.165, 1.54) is 0 Å². The van der Waals surface area contributed by atoms with Gasteiger partial charge in [0, 0.05) is 6.54 Å². The zero-order chi connectivity index (χ0) is 14.4. The first-order valence-electron chi connectivity index (χ1n) is 6.37. The molecule has 0 aliphatic heterocycles. The van der Waals surface area contributed by atoms with Gasteiger partial charge < -0.3 is 10.4 Å². The van der Waals surface area contributed by atoms with E-state index >= 15 is 0 Å². The molecule has 4 nitrogen and oxygen atoms in total. The number of hydrogen-bond acceptors (Lipinski definition) is 3. The molecule has 1 aromatic rings. The molecule has 1 aromatic carbocycles. The second kappa shape index (κ2) is 7.48. The Labute approximate surface area is 119 Å². The molecule has 0 aliphatic carbocycles. The van der Waals surface area contributed by atoms with Crippen molar-refractivity contribution in [1.82, 2.24) is 4.90 Å². The van der Waals surface area contributed by atoms with Crippen LogP contribution in [-0.4, -0.2) is 42.2 Å². The van der Waals surface area contributed by atoms with Crippen molar-refractivity contribution in [3.8, 4) is 0 Å². The van der Waals surface area contributed by atoms with E-state index in [4.69, 9.17) is 16.7 Å². The van der Waals surface area contributed by atoms with Crippen LogP contribution in [0.1, 0.15) is 18.1 Å². The van der Waals surface area contributed by atoms with Crippen LogP contribution in [0.2, 0.25) is 5.02 Å². The summed E-state index contributed by atoms with van der Waals surface area (Å²) in [7, 11) is 0. The number of aliphatic hydroxyl groups is 1. The van der Waals surface area contributed by atoms with Crippen LogP contribution in [0.3, 0.4) is 0 Å². The van der Waals surface area contributed by atoms with E-state index in [-0.39, 0.29) is 19.1 Å². The van der Waals surface area contributed by atoms with Crippen molar-refractivity contribution in [1.29, 1.82) is 0 Å². The SMILES string of the molecule is CCN(CCO)CC(=O)Nc1c(C)cc(C)cc1Cl. The van der Waals surface area contributed by atoms with Gasteiger partial charge in [-0.05, 0) is 37.6 Å². The number of aliphatic hydroxyl groups excluding tert-OH is 1. The minimum atomic E-state index is -0.121. The molecule has 0 unspecified atom stereocenters. The molecule has 0 aromatic heterocycles. The number of likely N-dealkylation sites (N-methyl/N-ethyl adjacent to an activating group) is 1. The number of amides is 1. The number of carbonyl (C=O) groups excluding carboxylic acids is 1. The maximum atomic E-state index is 12.0. The van der Waals surface area contributed by atoms with Gasteiger partial charge in [-0.2, -0.15) is 0 Å². The monoisotopic (exact) mass is 284 g/mol. The van der Waals surface area contributed by atoms with Crippen LogP contribution in [0.4, 0.5) is 5.69 Å². The quantitative estimate of drug-likeness (QED) is 0.842. The molecule has 106 valence electrons. The first kappa shape index (κ1) is 16.0. The number of carbonyl (C=O) groups is 1. The number of halogens is 1. The van der Waals surface area contributed by atoms with E-state index in [1.807, 2.05) is 37.8 Å². The second-order valence-electron chi connectivity index (χ2n) is 4.58. The predicted molar refractivity (Wildman–Crippen MR) is 78.8 cm³/mol. The zero-order valence-electron chi connectivity index (χ0n) is 11.7. The third kappa shape index (κ3) is 4.82. The maximum absolute atomic E-state index is 12.0. The third-order valence-electron chi connectivity index (χ3n) is 2.93. The van der Waals surface area contributed by atoms with Gasteiger partial charge in [-0.1, -0.05) is 24.6 Å². The van der Waals surface area contributed by atoms with E-state index in [9.17, 15) is 4.79 Å². The minimum absolute atomic E-state index is 0.0471. The Bertz CT molecular complexity index is 426. The first-order chi connectivity index (χ1) is 8.97. The van der Waals surface area contributed by atoms with Crippen molar-refractivity contribution in [2.24, 2.45) is 0 Å². The van der Waals surface area contributed by atoms with E-state index in [1.54, 1.807) is 0 Å². The smallest absolute Gasteiger partial charge is 0.238 e. The van der Waals surface area contributed by atoms with E-state index in [0.717, 1.165) is 11.1 Å². The molecule has 0 heterocycles. The van der Waals surface area contributed by atoms with E-state index < -0.39 is 0 Å². The van der Waals surface area contributed by atoms with Crippen LogP contribution >= 0.6 is 11.6 Å². The van der Waals surface area contributed by atoms with E-state index in [2.05, 4.69) is 5.32 Å². The predicted octanol–water partition coefficient (Wildman–Crippen LogP) is 2.21. The topological polar surface area (TPSA) is 52.6 Å². The summed E-state index contributed by atoms with van der Waals surface area (Å²) in [5.41, 5.74) is 2.68. The number of nitrogens with zero attached hydrogens (tertiary/aromatic N) is 1. The van der Waals surface area contributed by atoms with Crippen molar-refractivity contribution in [3.05, 3.63) is 28.3 Å². The highest BCUT2D eigenvalue weighted by molar-refractivity contribution is 6.34. The lowest BCUT2D eigenvalue weighted by molar-refractivity contribution is -0.117. The van der Waals surface area contributed by atoms with Crippen LogP contribution in [0.5, 0.6) is 0 Å². The van der Waals surface area contributed by atoms with Gasteiger partial charge in [-0.25, -0.2) is 0 Å². The summed E-state index contributed by atoms with van der Waals surface area (Å²) in [6, 6.07) is 3.81. The van der Waals surface area contributed by atoms with Crippen LogP contribution in [0, 0.1) is 13.8 Å². The number of aryl methyl sites for hydroxylation is 2. The fraction of sp³-hybridized carbons (Fsp3) is 0.500. The van der Waals surface area contributed by atoms with Crippen molar-refractivity contribution in [3.63, 3.8) is 0 Å². The molecule has 0 fully saturated rings. The Hall–Kier alpha value is -1.10. The summed E-state index contributed by atoms with van der Waals surface area (Å²) in [4.78, 5) is 13.8. The summed E-state index contributed by atoms with van der Waals surface area (Å²) >= 11 is 6.14. The Morgan fingerprint density at radius 1 is 1.42 bits per heavy atom. The van der Waals surface area contributed by atoms with Gasteiger partial charge in [-0.15, -0.1) is 0 Å². The molecule has 0 spiro atoms. The molecule has 2 N–H and O–H groups in total. The molecule has 0 aliphatic rings. The third-order valence-corrected chi connectivity index (χ3v) is 3.22. The zero-order valence-corrected chi connectivity index (χ0v) is 12.4. The molecule has 19 heavy (non-hydrogen) atoms. The standard InChI is InChI=1S/C14H21ClN2O2/c1-4-17(5-6-18)9-13(19)16-14-11(3)7-10(2)8-12(14)15/h7-8,18H,4-6,9H2,1-3H3,(H,16,19). The Balaban J connectivity index is 2.72. The molecule has 5 heteroatoms. The molecule has 0 saturated heterocycles. The summed E-state index contributed by atoms with van der Waals surface area (Å²) in [5, 5.41) is 12.3. The van der Waals surface area contributed by atoms with Gasteiger partial charge in [0.25, 0.3) is 0 Å². The van der Waals surface area contributed by atoms with Crippen LogP contribution in [0.15, 0.2) is 12.1 Å². The summed E-state index contributed by atoms with van der Waals surface area (Å²) in [6.45, 7) is 7.34. The highest BCUT2D eigenvalue weighted by Crippen LogP contribution is 2.27. The molecule has 0 saturated carbocycles. The summed E-state index contributed by atoms with van der Waals surface area (Å²) in [6.07, 6.45) is 0. The van der Waals surface area contributed by atoms with E-state index in [0.29, 0.717) is 23.8 Å². The molecular formula is C14H21ClN2O2. The van der Waals surface area contributed by atoms with Gasteiger partial charge in [-0.3, -0.25) is 9.69 Å². The molecule has 1 amide bonds. The normalized spacial score (nSPS) is 10.8. The largest absolute Gasteiger partial charge is 0.395 e. The molecule has 1 rings (SSSR count). The highest BCUT2D eigenvalue weighted by atomic mass is 35.5. The number of hydrogen-bond donors (Lipinski definition) is 2. The number of anilines is 1. The van der Waals surface area contributed by atoms with Gasteiger partial charge in [0.2, 0.25) is 5.91 Å². The number of rotatable bonds is 6. The average molecular weight is 285 g/mol. The average Bonchev–Trinajstić information content (AvgIpc) is 2.33. The van der Waals surface area contributed by atoms with Crippen molar-refractivity contribution >= 4 is 23.2 Å². The summed E-state index contributed by atoms with van der Waals surface area (Å²) in [5.74, 6) is -0.121. The van der Waals surface area contributed by atoms with Gasteiger partial charge >= 0.3 is 0 Å². The number of nitrogens with one attached hydrogen (secondary N) is 1. The molecule has 0 bridgehead atoms. The lowest BCUT2D eigenvalue weighted by Gasteiger charge is -2.19.